The Labute approximate surface area is 189 Å². The molecule has 2 aliphatic heterocycles. The van der Waals surface area contributed by atoms with Crippen LogP contribution in [0, 0.1) is 5.82 Å². The van der Waals surface area contributed by atoms with Crippen molar-refractivity contribution in [1.29, 1.82) is 0 Å². The monoisotopic (exact) mass is 444 g/mol. The Morgan fingerprint density at radius 3 is 2.76 bits per heavy atom. The number of ether oxygens (including phenoxy) is 1. The smallest absolute Gasteiger partial charge is 0.254 e. The zero-order chi connectivity index (χ0) is 22.4. The highest BCUT2D eigenvalue weighted by atomic mass is 19.1. The Morgan fingerprint density at radius 2 is 1.94 bits per heavy atom. The molecule has 0 aliphatic carbocycles. The molecular weight excluding hydrogens is 423 g/mol. The van der Waals surface area contributed by atoms with E-state index in [-0.39, 0.29) is 11.7 Å². The van der Waals surface area contributed by atoms with Crippen LogP contribution >= 0.6 is 0 Å². The number of anilines is 3. The van der Waals surface area contributed by atoms with E-state index < -0.39 is 0 Å². The minimum atomic E-state index is -0.339. The van der Waals surface area contributed by atoms with E-state index in [0.29, 0.717) is 29.3 Å². The second kappa shape index (κ2) is 7.86. The van der Waals surface area contributed by atoms with Crippen LogP contribution in [0.3, 0.4) is 0 Å². The first-order valence-electron chi connectivity index (χ1n) is 10.8. The largest absolute Gasteiger partial charge is 0.378 e. The van der Waals surface area contributed by atoms with Crippen LogP contribution < -0.4 is 15.5 Å². The molecule has 0 radical (unpaired) electrons. The van der Waals surface area contributed by atoms with Crippen LogP contribution in [0.1, 0.15) is 15.9 Å². The van der Waals surface area contributed by atoms with Crippen LogP contribution in [0.5, 0.6) is 0 Å². The number of pyridine rings is 2. The summed E-state index contributed by atoms with van der Waals surface area (Å²) in [6, 6.07) is 10.5. The molecule has 6 rings (SSSR count). The molecule has 2 N–H and O–H groups in total. The molecule has 166 valence electrons. The van der Waals surface area contributed by atoms with Crippen molar-refractivity contribution in [3.8, 4) is 11.3 Å². The first-order chi connectivity index (χ1) is 16.2. The maximum absolute atomic E-state index is 13.6. The fraction of sp³-hybridized carbons (Fsp3) is 0.208. The highest BCUT2D eigenvalue weighted by Gasteiger charge is 2.27. The van der Waals surface area contributed by atoms with Crippen molar-refractivity contribution in [2.24, 2.45) is 0 Å². The van der Waals surface area contributed by atoms with Crippen molar-refractivity contribution in [2.45, 2.75) is 6.54 Å². The van der Waals surface area contributed by atoms with E-state index in [9.17, 15) is 9.18 Å². The Hall–Kier alpha value is -3.98. The number of imidazole rings is 1. The lowest BCUT2D eigenvalue weighted by atomic mass is 9.99. The minimum absolute atomic E-state index is 0.140. The fourth-order valence-electron chi connectivity index (χ4n) is 4.45. The number of aromatic nitrogens is 3. The molecule has 5 heterocycles. The van der Waals surface area contributed by atoms with Gasteiger partial charge in [-0.1, -0.05) is 6.07 Å². The molecule has 0 saturated carbocycles. The molecule has 8 nitrogen and oxygen atoms in total. The summed E-state index contributed by atoms with van der Waals surface area (Å²) < 4.78 is 20.8. The maximum atomic E-state index is 13.6. The van der Waals surface area contributed by atoms with Gasteiger partial charge < -0.3 is 20.3 Å². The number of morpholine rings is 1. The lowest BCUT2D eigenvalue weighted by molar-refractivity contribution is 0.0966. The minimum Gasteiger partial charge on any atom is -0.378 e. The van der Waals surface area contributed by atoms with Crippen LogP contribution in [0.25, 0.3) is 16.9 Å². The molecule has 0 atom stereocenters. The highest BCUT2D eigenvalue weighted by Crippen LogP contribution is 2.35. The summed E-state index contributed by atoms with van der Waals surface area (Å²) in [4.78, 5) is 23.8. The molecule has 4 aromatic rings. The van der Waals surface area contributed by atoms with Crippen LogP contribution in [0.2, 0.25) is 0 Å². The Kier molecular flexibility index (Phi) is 4.69. The average Bonchev–Trinajstić information content (AvgIpc) is 3.44. The first kappa shape index (κ1) is 19.7. The second-order valence-electron chi connectivity index (χ2n) is 8.04. The summed E-state index contributed by atoms with van der Waals surface area (Å²) in [5, 5.41) is 6.21. The van der Waals surface area contributed by atoms with E-state index in [1.165, 1.54) is 12.1 Å². The number of nitrogens with zero attached hydrogens (tertiary/aromatic N) is 4. The average molecular weight is 444 g/mol. The zero-order valence-electron chi connectivity index (χ0n) is 17.7. The van der Waals surface area contributed by atoms with Crippen LogP contribution in [0.4, 0.5) is 21.6 Å². The number of benzene rings is 1. The predicted octanol–water partition coefficient (Wildman–Crippen LogP) is 3.36. The summed E-state index contributed by atoms with van der Waals surface area (Å²) in [5.74, 6) is 0.180. The summed E-state index contributed by atoms with van der Waals surface area (Å²) in [6.45, 7) is 3.54. The van der Waals surface area contributed by atoms with E-state index >= 15 is 0 Å². The highest BCUT2D eigenvalue weighted by molar-refractivity contribution is 6.06. The molecule has 33 heavy (non-hydrogen) atoms. The summed E-state index contributed by atoms with van der Waals surface area (Å²) in [7, 11) is 0. The van der Waals surface area contributed by atoms with Crippen molar-refractivity contribution in [1.82, 2.24) is 19.7 Å². The van der Waals surface area contributed by atoms with E-state index in [1.54, 1.807) is 12.4 Å². The molecule has 3 aromatic heterocycles. The maximum Gasteiger partial charge on any atom is 0.254 e. The number of carbonyl (C=O) groups excluding carboxylic acids is 1. The van der Waals surface area contributed by atoms with Gasteiger partial charge in [-0.25, -0.2) is 14.4 Å². The molecule has 1 amide bonds. The van der Waals surface area contributed by atoms with E-state index in [1.807, 2.05) is 34.9 Å². The number of hydrogen-bond donors (Lipinski definition) is 2. The number of amides is 1. The van der Waals surface area contributed by atoms with Gasteiger partial charge in [0.1, 0.15) is 17.3 Å². The van der Waals surface area contributed by atoms with E-state index in [2.05, 4.69) is 25.5 Å². The number of hydrogen-bond acceptors (Lipinski definition) is 6. The summed E-state index contributed by atoms with van der Waals surface area (Å²) in [6.07, 6.45) is 5.18. The quantitative estimate of drug-likeness (QED) is 0.502. The lowest BCUT2D eigenvalue weighted by Crippen LogP contribution is -2.36. The molecule has 1 saturated heterocycles. The van der Waals surface area contributed by atoms with E-state index in [4.69, 9.17) is 4.74 Å². The number of rotatable bonds is 4. The Bertz CT molecular complexity index is 1360. The fourth-order valence-corrected chi connectivity index (χ4v) is 4.45. The van der Waals surface area contributed by atoms with E-state index in [0.717, 1.165) is 48.8 Å². The summed E-state index contributed by atoms with van der Waals surface area (Å²) >= 11 is 0. The van der Waals surface area contributed by atoms with Gasteiger partial charge >= 0.3 is 0 Å². The van der Waals surface area contributed by atoms with Crippen molar-refractivity contribution in [3.05, 3.63) is 71.9 Å². The van der Waals surface area contributed by atoms with Crippen molar-refractivity contribution >= 4 is 28.7 Å². The third-order valence-electron chi connectivity index (χ3n) is 6.10. The van der Waals surface area contributed by atoms with Crippen molar-refractivity contribution in [2.75, 3.05) is 36.5 Å². The number of fused-ring (bicyclic) bond motifs is 2. The molecule has 2 aliphatic rings. The Morgan fingerprint density at radius 1 is 1.06 bits per heavy atom. The molecule has 1 fully saturated rings. The topological polar surface area (TPSA) is 83.8 Å². The zero-order valence-corrected chi connectivity index (χ0v) is 17.7. The standard InChI is InChI=1S/C24H21FN6O2/c25-15-5-6-31-20(14-27-22(31)11-15)17-2-3-19(23-18(17)13-28-24(23)32)29-21-4-1-16(12-26-21)30-7-9-33-10-8-30/h1-6,11-12,14H,7-10,13H2,(H,26,29)(H,28,32). The van der Waals surface area contributed by atoms with Gasteiger partial charge in [0.05, 0.1) is 48.2 Å². The Balaban J connectivity index is 1.33. The molecule has 0 bridgehead atoms. The summed E-state index contributed by atoms with van der Waals surface area (Å²) in [5.41, 5.74) is 5.40. The molecule has 9 heteroatoms. The van der Waals surface area contributed by atoms with Crippen molar-refractivity contribution < 1.29 is 13.9 Å². The van der Waals surface area contributed by atoms with Gasteiger partial charge in [0, 0.05) is 37.5 Å². The van der Waals surface area contributed by atoms with Gasteiger partial charge in [0.15, 0.2) is 0 Å². The first-order valence-corrected chi connectivity index (χ1v) is 10.8. The van der Waals surface area contributed by atoms with Crippen LogP contribution in [0.15, 0.2) is 55.0 Å². The third-order valence-corrected chi connectivity index (χ3v) is 6.10. The predicted molar refractivity (Wildman–Crippen MR) is 122 cm³/mol. The van der Waals surface area contributed by atoms with Gasteiger partial charge in [0.25, 0.3) is 5.91 Å². The number of carbonyl (C=O) groups is 1. The molecular formula is C24H21FN6O2. The number of nitrogens with one attached hydrogen (secondary N) is 2. The second-order valence-corrected chi connectivity index (χ2v) is 8.04. The van der Waals surface area contributed by atoms with Gasteiger partial charge in [-0.2, -0.15) is 0 Å². The van der Waals surface area contributed by atoms with Crippen LogP contribution in [-0.4, -0.2) is 46.6 Å². The van der Waals surface area contributed by atoms with Gasteiger partial charge in [-0.05, 0) is 29.8 Å². The van der Waals surface area contributed by atoms with Gasteiger partial charge in [-0.15, -0.1) is 0 Å². The molecule has 1 aromatic carbocycles. The van der Waals surface area contributed by atoms with Gasteiger partial charge in [0.2, 0.25) is 0 Å². The lowest BCUT2D eigenvalue weighted by Gasteiger charge is -2.28. The molecule has 0 unspecified atom stereocenters. The third kappa shape index (κ3) is 3.46. The SMILES string of the molecule is O=C1NCc2c(-c3cnc4cc(F)ccn34)ccc(Nc3ccc(N4CCOCC4)cn3)c21. The van der Waals surface area contributed by atoms with Crippen LogP contribution in [-0.2, 0) is 11.3 Å². The number of halogens is 1. The van der Waals surface area contributed by atoms with Gasteiger partial charge in [-0.3, -0.25) is 9.20 Å². The molecule has 0 spiro atoms. The van der Waals surface area contributed by atoms with Crippen molar-refractivity contribution in [3.63, 3.8) is 0 Å². The normalized spacial score (nSPS) is 15.5.